The Morgan fingerprint density at radius 2 is 2.27 bits per heavy atom. The van der Waals surface area contributed by atoms with Crippen LogP contribution in [0, 0.1) is 0 Å². The third kappa shape index (κ3) is 3.22. The van der Waals surface area contributed by atoms with Crippen molar-refractivity contribution < 1.29 is 0 Å². The van der Waals surface area contributed by atoms with Gasteiger partial charge in [-0.05, 0) is 19.1 Å². The average molecular weight is 226 g/mol. The smallest absolute Gasteiger partial charge is 0.129 e. The minimum atomic E-state index is 0.355. The van der Waals surface area contributed by atoms with E-state index in [-0.39, 0.29) is 0 Å². The minimum Gasteiger partial charge on any atom is -0.356 e. The second-order valence-electron chi connectivity index (χ2n) is 3.62. The molecule has 3 nitrogen and oxygen atoms in total. The van der Waals surface area contributed by atoms with Crippen LogP contribution in [0.3, 0.4) is 0 Å². The molecule has 0 aromatic carbocycles. The first-order valence-electron chi connectivity index (χ1n) is 4.75. The molecular formula is C11H16ClN3. The van der Waals surface area contributed by atoms with Gasteiger partial charge in [0.2, 0.25) is 0 Å². The quantitative estimate of drug-likeness (QED) is 0.799. The molecule has 0 bridgehead atoms. The zero-order chi connectivity index (χ0) is 11.4. The lowest BCUT2D eigenvalue weighted by Crippen LogP contribution is -2.20. The maximum Gasteiger partial charge on any atom is 0.129 e. The monoisotopic (exact) mass is 225 g/mol. The maximum atomic E-state index is 5.93. The zero-order valence-corrected chi connectivity index (χ0v) is 9.88. The zero-order valence-electron chi connectivity index (χ0n) is 9.13. The van der Waals surface area contributed by atoms with Gasteiger partial charge >= 0.3 is 0 Å². The minimum absolute atomic E-state index is 0.355. The third-order valence-electron chi connectivity index (χ3n) is 2.00. The molecule has 0 saturated carbocycles. The van der Waals surface area contributed by atoms with Crippen molar-refractivity contribution in [1.82, 2.24) is 4.98 Å². The molecule has 0 aliphatic rings. The van der Waals surface area contributed by atoms with Crippen LogP contribution in [-0.2, 0) is 6.54 Å². The summed E-state index contributed by atoms with van der Waals surface area (Å²) < 4.78 is 0. The average Bonchev–Trinajstić information content (AvgIpc) is 2.17. The molecule has 0 amide bonds. The van der Waals surface area contributed by atoms with Gasteiger partial charge in [-0.1, -0.05) is 23.8 Å². The van der Waals surface area contributed by atoms with E-state index in [2.05, 4.69) is 11.6 Å². The number of hydrogen-bond donors (Lipinski definition) is 1. The number of anilines is 1. The molecule has 0 unspecified atom stereocenters. The van der Waals surface area contributed by atoms with Crippen molar-refractivity contribution in [2.45, 2.75) is 13.5 Å². The van der Waals surface area contributed by atoms with E-state index in [0.29, 0.717) is 11.6 Å². The fraction of sp³-hybridized carbons (Fsp3) is 0.364. The van der Waals surface area contributed by atoms with Crippen LogP contribution >= 0.6 is 11.6 Å². The largest absolute Gasteiger partial charge is 0.356 e. The van der Waals surface area contributed by atoms with Gasteiger partial charge < -0.3 is 10.6 Å². The maximum absolute atomic E-state index is 5.93. The number of nitrogens with zero attached hydrogens (tertiary/aromatic N) is 2. The Morgan fingerprint density at radius 3 is 2.80 bits per heavy atom. The Morgan fingerprint density at radius 1 is 1.60 bits per heavy atom. The predicted octanol–water partition coefficient (Wildman–Crippen LogP) is 2.21. The molecule has 0 radical (unpaired) electrons. The van der Waals surface area contributed by atoms with Crippen molar-refractivity contribution in [3.05, 3.63) is 35.0 Å². The van der Waals surface area contributed by atoms with E-state index in [0.717, 1.165) is 23.6 Å². The molecule has 1 aromatic rings. The predicted molar refractivity (Wildman–Crippen MR) is 65.2 cm³/mol. The second-order valence-corrected chi connectivity index (χ2v) is 4.02. The van der Waals surface area contributed by atoms with Crippen LogP contribution in [0.1, 0.15) is 12.6 Å². The van der Waals surface area contributed by atoms with Crippen molar-refractivity contribution in [2.75, 3.05) is 18.5 Å². The number of nitrogens with two attached hydrogens (primary N) is 1. The summed E-state index contributed by atoms with van der Waals surface area (Å²) in [5.74, 6) is 0.864. The van der Waals surface area contributed by atoms with Crippen LogP contribution in [0.2, 0.25) is 5.02 Å². The van der Waals surface area contributed by atoms with E-state index in [9.17, 15) is 0 Å². The van der Waals surface area contributed by atoms with Crippen LogP contribution in [0.15, 0.2) is 24.3 Å². The third-order valence-corrected chi connectivity index (χ3v) is 2.34. The second kappa shape index (κ2) is 5.14. The Bertz CT molecular complexity index is 363. The summed E-state index contributed by atoms with van der Waals surface area (Å²) in [6.45, 7) is 6.97. The van der Waals surface area contributed by atoms with Gasteiger partial charge in [0.15, 0.2) is 0 Å². The van der Waals surface area contributed by atoms with E-state index in [4.69, 9.17) is 17.3 Å². The van der Waals surface area contributed by atoms with E-state index in [1.807, 2.05) is 31.0 Å². The van der Waals surface area contributed by atoms with Crippen LogP contribution in [0.4, 0.5) is 5.82 Å². The summed E-state index contributed by atoms with van der Waals surface area (Å²) in [4.78, 5) is 6.38. The van der Waals surface area contributed by atoms with Gasteiger partial charge in [0, 0.05) is 20.1 Å². The number of hydrogen-bond acceptors (Lipinski definition) is 3. The molecule has 82 valence electrons. The Balaban J connectivity index is 2.90. The molecule has 0 aliphatic carbocycles. The number of rotatable bonds is 4. The van der Waals surface area contributed by atoms with Crippen molar-refractivity contribution in [3.63, 3.8) is 0 Å². The van der Waals surface area contributed by atoms with Crippen LogP contribution in [0.25, 0.3) is 0 Å². The molecule has 0 fully saturated rings. The Hall–Kier alpha value is -1.06. The molecule has 1 heterocycles. The van der Waals surface area contributed by atoms with Crippen molar-refractivity contribution >= 4 is 17.4 Å². The van der Waals surface area contributed by atoms with Crippen molar-refractivity contribution in [3.8, 4) is 0 Å². The summed E-state index contributed by atoms with van der Waals surface area (Å²) in [5.41, 5.74) is 7.35. The highest BCUT2D eigenvalue weighted by Gasteiger charge is 2.06. The van der Waals surface area contributed by atoms with Gasteiger partial charge in [-0.3, -0.25) is 0 Å². The summed E-state index contributed by atoms with van der Waals surface area (Å²) in [7, 11) is 1.96. The number of pyridine rings is 1. The Labute approximate surface area is 95.6 Å². The molecule has 0 aliphatic heterocycles. The summed E-state index contributed by atoms with van der Waals surface area (Å²) in [6, 6.07) is 3.70. The standard InChI is InChI=1S/C11H16ClN3/c1-8(2)7-15(3)11-5-4-9(12)10(6-13)14-11/h4-5H,1,6-7,13H2,2-3H3. The van der Waals surface area contributed by atoms with E-state index >= 15 is 0 Å². The highest BCUT2D eigenvalue weighted by atomic mass is 35.5. The molecule has 4 heteroatoms. The van der Waals surface area contributed by atoms with Crippen LogP contribution in [-0.4, -0.2) is 18.6 Å². The fourth-order valence-corrected chi connectivity index (χ4v) is 1.50. The lowest BCUT2D eigenvalue weighted by molar-refractivity contribution is 0.918. The van der Waals surface area contributed by atoms with Crippen LogP contribution in [0.5, 0.6) is 0 Å². The lowest BCUT2D eigenvalue weighted by atomic mass is 10.3. The molecule has 1 rings (SSSR count). The SMILES string of the molecule is C=C(C)CN(C)c1ccc(Cl)c(CN)n1. The van der Waals surface area contributed by atoms with Gasteiger partial charge in [-0.25, -0.2) is 4.98 Å². The van der Waals surface area contributed by atoms with E-state index in [1.165, 1.54) is 0 Å². The molecule has 0 spiro atoms. The van der Waals surface area contributed by atoms with Gasteiger partial charge in [-0.2, -0.15) is 0 Å². The molecule has 2 N–H and O–H groups in total. The van der Waals surface area contributed by atoms with Gasteiger partial charge in [0.05, 0.1) is 10.7 Å². The van der Waals surface area contributed by atoms with E-state index < -0.39 is 0 Å². The normalized spacial score (nSPS) is 10.1. The lowest BCUT2D eigenvalue weighted by Gasteiger charge is -2.18. The molecule has 15 heavy (non-hydrogen) atoms. The van der Waals surface area contributed by atoms with Crippen molar-refractivity contribution in [1.29, 1.82) is 0 Å². The van der Waals surface area contributed by atoms with Crippen molar-refractivity contribution in [2.24, 2.45) is 5.73 Å². The Kier molecular flexibility index (Phi) is 4.12. The number of aromatic nitrogens is 1. The first kappa shape index (κ1) is 12.0. The first-order chi connectivity index (χ1) is 7.04. The molecular weight excluding hydrogens is 210 g/mol. The fourth-order valence-electron chi connectivity index (χ4n) is 1.31. The first-order valence-corrected chi connectivity index (χ1v) is 5.13. The van der Waals surface area contributed by atoms with E-state index in [1.54, 1.807) is 0 Å². The van der Waals surface area contributed by atoms with Gasteiger partial charge in [0.25, 0.3) is 0 Å². The van der Waals surface area contributed by atoms with Crippen LogP contribution < -0.4 is 10.6 Å². The topological polar surface area (TPSA) is 42.1 Å². The highest BCUT2D eigenvalue weighted by Crippen LogP contribution is 2.18. The summed E-state index contributed by atoms with van der Waals surface area (Å²) in [6.07, 6.45) is 0. The number of halogens is 1. The molecule has 0 saturated heterocycles. The van der Waals surface area contributed by atoms with Gasteiger partial charge in [0.1, 0.15) is 5.82 Å². The highest BCUT2D eigenvalue weighted by molar-refractivity contribution is 6.31. The summed E-state index contributed by atoms with van der Waals surface area (Å²) in [5, 5.41) is 0.616. The number of likely N-dealkylation sites (N-methyl/N-ethyl adjacent to an activating group) is 1. The van der Waals surface area contributed by atoms with Gasteiger partial charge in [-0.15, -0.1) is 0 Å². The summed E-state index contributed by atoms with van der Waals surface area (Å²) >= 11 is 5.93. The molecule has 0 atom stereocenters. The molecule has 1 aromatic heterocycles.